The van der Waals surface area contributed by atoms with Gasteiger partial charge in [0.15, 0.2) is 0 Å². The second-order valence-electron chi connectivity index (χ2n) is 5.39. The first-order valence-electron chi connectivity index (χ1n) is 6.59. The number of hydrogen-bond acceptors (Lipinski definition) is 3. The smallest absolute Gasteiger partial charge is 0.207 e. The monoisotopic (exact) mass is 276 g/mol. The Bertz CT molecular complexity index is 616. The third-order valence-electron chi connectivity index (χ3n) is 4.17. The highest BCUT2D eigenvalue weighted by molar-refractivity contribution is 7.89. The Balaban J connectivity index is 1.86. The lowest BCUT2D eigenvalue weighted by Crippen LogP contribution is -2.37. The van der Waals surface area contributed by atoms with E-state index in [-0.39, 0.29) is 6.04 Å². The number of benzene rings is 1. The fourth-order valence-electron chi connectivity index (χ4n) is 3.18. The van der Waals surface area contributed by atoms with Crippen molar-refractivity contribution >= 4 is 10.0 Å². The summed E-state index contributed by atoms with van der Waals surface area (Å²) in [5.41, 5.74) is 0.851. The van der Waals surface area contributed by atoms with Crippen LogP contribution < -0.4 is 0 Å². The van der Waals surface area contributed by atoms with Crippen molar-refractivity contribution < 1.29 is 8.42 Å². The van der Waals surface area contributed by atoms with Gasteiger partial charge < -0.3 is 0 Å². The summed E-state index contributed by atoms with van der Waals surface area (Å²) in [6.45, 7) is 0.674. The summed E-state index contributed by atoms with van der Waals surface area (Å²) in [7, 11) is -3.35. The normalized spacial score (nSPS) is 26.5. The van der Waals surface area contributed by atoms with Crippen molar-refractivity contribution in [1.82, 2.24) is 4.31 Å². The Morgan fingerprint density at radius 2 is 2.00 bits per heavy atom. The van der Waals surface area contributed by atoms with Crippen molar-refractivity contribution in [3.63, 3.8) is 0 Å². The predicted octanol–water partition coefficient (Wildman–Crippen LogP) is 1.93. The maximum Gasteiger partial charge on any atom is 0.243 e. The van der Waals surface area contributed by atoms with E-state index in [0.717, 1.165) is 24.8 Å². The molecule has 100 valence electrons. The third kappa shape index (κ3) is 2.15. The molecule has 5 heteroatoms. The SMILES string of the molecule is N#CCc1ccc(S(=O)(=O)N2CC3CCC2C3)cc1. The van der Waals surface area contributed by atoms with Crippen molar-refractivity contribution in [2.24, 2.45) is 5.92 Å². The molecular weight excluding hydrogens is 260 g/mol. The molecule has 4 nitrogen and oxygen atoms in total. The molecule has 1 aromatic rings. The van der Waals surface area contributed by atoms with Crippen LogP contribution in [0, 0.1) is 17.2 Å². The highest BCUT2D eigenvalue weighted by atomic mass is 32.2. The van der Waals surface area contributed by atoms with Gasteiger partial charge >= 0.3 is 0 Å². The molecule has 0 aromatic heterocycles. The lowest BCUT2D eigenvalue weighted by atomic mass is 10.1. The van der Waals surface area contributed by atoms with Crippen LogP contribution in [0.2, 0.25) is 0 Å². The predicted molar refractivity (Wildman–Crippen MR) is 70.8 cm³/mol. The Labute approximate surface area is 113 Å². The highest BCUT2D eigenvalue weighted by Crippen LogP contribution is 2.40. The largest absolute Gasteiger partial charge is 0.243 e. The van der Waals surface area contributed by atoms with Gasteiger partial charge in [-0.15, -0.1) is 0 Å². The molecule has 2 fully saturated rings. The summed E-state index contributed by atoms with van der Waals surface area (Å²) in [4.78, 5) is 0.349. The second kappa shape index (κ2) is 4.62. The zero-order valence-electron chi connectivity index (χ0n) is 10.6. The molecule has 2 aliphatic rings. The minimum Gasteiger partial charge on any atom is -0.207 e. The fraction of sp³-hybridized carbons (Fsp3) is 0.500. The van der Waals surface area contributed by atoms with Crippen molar-refractivity contribution in [2.45, 2.75) is 36.6 Å². The van der Waals surface area contributed by atoms with Crippen LogP contribution in [-0.2, 0) is 16.4 Å². The number of nitrogens with zero attached hydrogens (tertiary/aromatic N) is 2. The van der Waals surface area contributed by atoms with Crippen molar-refractivity contribution in [1.29, 1.82) is 5.26 Å². The molecule has 3 rings (SSSR count). The maximum atomic E-state index is 12.6. The molecule has 1 saturated heterocycles. The van der Waals surface area contributed by atoms with Crippen LogP contribution in [0.4, 0.5) is 0 Å². The average Bonchev–Trinajstić information content (AvgIpc) is 3.02. The van der Waals surface area contributed by atoms with Crippen LogP contribution in [0.15, 0.2) is 29.2 Å². The molecule has 1 saturated carbocycles. The van der Waals surface area contributed by atoms with Gasteiger partial charge in [0.1, 0.15) is 0 Å². The molecule has 1 aromatic carbocycles. The first-order chi connectivity index (χ1) is 9.11. The Morgan fingerprint density at radius 1 is 1.26 bits per heavy atom. The number of nitriles is 1. The van der Waals surface area contributed by atoms with E-state index in [1.165, 1.54) is 0 Å². The molecule has 1 aliphatic carbocycles. The molecule has 1 heterocycles. The summed E-state index contributed by atoms with van der Waals surface area (Å²) < 4.78 is 26.8. The second-order valence-corrected chi connectivity index (χ2v) is 7.28. The standard InChI is InChI=1S/C14H16N2O2S/c15-8-7-11-2-5-14(6-3-11)19(17,18)16-10-12-1-4-13(16)9-12/h2-3,5-6,12-13H,1,4,7,9-10H2. The molecule has 2 atom stereocenters. The third-order valence-corrected chi connectivity index (χ3v) is 6.10. The van der Waals surface area contributed by atoms with Crippen LogP contribution in [0.5, 0.6) is 0 Å². The van der Waals surface area contributed by atoms with Crippen molar-refractivity contribution in [2.75, 3.05) is 6.54 Å². The first-order valence-corrected chi connectivity index (χ1v) is 8.03. The quantitative estimate of drug-likeness (QED) is 0.847. The fourth-order valence-corrected chi connectivity index (χ4v) is 4.92. The molecule has 2 unspecified atom stereocenters. The van der Waals surface area contributed by atoms with E-state index in [2.05, 4.69) is 6.07 Å². The van der Waals surface area contributed by atoms with Crippen LogP contribution >= 0.6 is 0 Å². The van der Waals surface area contributed by atoms with Gasteiger partial charge in [-0.25, -0.2) is 8.42 Å². The van der Waals surface area contributed by atoms with Gasteiger partial charge in [-0.05, 0) is 42.9 Å². The average molecular weight is 276 g/mol. The van der Waals surface area contributed by atoms with E-state index in [1.807, 2.05) is 0 Å². The minimum atomic E-state index is -3.35. The van der Waals surface area contributed by atoms with E-state index in [9.17, 15) is 8.42 Å². The van der Waals surface area contributed by atoms with Gasteiger partial charge in [0.2, 0.25) is 10.0 Å². The van der Waals surface area contributed by atoms with Crippen LogP contribution in [0.25, 0.3) is 0 Å². The lowest BCUT2D eigenvalue weighted by Gasteiger charge is -2.26. The van der Waals surface area contributed by atoms with Gasteiger partial charge in [0.25, 0.3) is 0 Å². The zero-order chi connectivity index (χ0) is 13.5. The number of rotatable bonds is 3. The summed E-state index contributed by atoms with van der Waals surface area (Å²) >= 11 is 0. The van der Waals surface area contributed by atoms with Crippen LogP contribution in [0.1, 0.15) is 24.8 Å². The van der Waals surface area contributed by atoms with Gasteiger partial charge in [0, 0.05) is 12.6 Å². The van der Waals surface area contributed by atoms with Gasteiger partial charge in [-0.1, -0.05) is 12.1 Å². The minimum absolute atomic E-state index is 0.203. The number of piperidine rings is 1. The van der Waals surface area contributed by atoms with Crippen LogP contribution in [-0.4, -0.2) is 25.3 Å². The van der Waals surface area contributed by atoms with Gasteiger partial charge in [-0.3, -0.25) is 0 Å². The van der Waals surface area contributed by atoms with Gasteiger partial charge in [-0.2, -0.15) is 9.57 Å². The van der Waals surface area contributed by atoms with E-state index in [1.54, 1.807) is 28.6 Å². The van der Waals surface area contributed by atoms with E-state index in [4.69, 9.17) is 5.26 Å². The van der Waals surface area contributed by atoms with Crippen molar-refractivity contribution in [3.05, 3.63) is 29.8 Å². The molecular formula is C14H16N2O2S. The number of sulfonamides is 1. The van der Waals surface area contributed by atoms with E-state index < -0.39 is 10.0 Å². The summed E-state index contributed by atoms with van der Waals surface area (Å²) in [6, 6.07) is 8.95. The summed E-state index contributed by atoms with van der Waals surface area (Å²) in [6.07, 6.45) is 3.49. The molecule has 0 radical (unpaired) electrons. The topological polar surface area (TPSA) is 61.2 Å². The lowest BCUT2D eigenvalue weighted by molar-refractivity contribution is 0.333. The zero-order valence-corrected chi connectivity index (χ0v) is 11.4. The number of hydrogen-bond donors (Lipinski definition) is 0. The van der Waals surface area contributed by atoms with E-state index in [0.29, 0.717) is 23.8 Å². The Morgan fingerprint density at radius 3 is 2.53 bits per heavy atom. The molecule has 19 heavy (non-hydrogen) atoms. The number of fused-ring (bicyclic) bond motifs is 2. The Kier molecular flexibility index (Phi) is 3.08. The van der Waals surface area contributed by atoms with Gasteiger partial charge in [0.05, 0.1) is 17.4 Å². The molecule has 0 spiro atoms. The summed E-state index contributed by atoms with van der Waals surface area (Å²) in [5, 5.41) is 8.62. The Hall–Kier alpha value is -1.38. The summed E-state index contributed by atoms with van der Waals surface area (Å²) in [5.74, 6) is 0.553. The first kappa shape index (κ1) is 12.6. The maximum absolute atomic E-state index is 12.6. The molecule has 2 bridgehead atoms. The van der Waals surface area contributed by atoms with Crippen LogP contribution in [0.3, 0.4) is 0 Å². The highest BCUT2D eigenvalue weighted by Gasteiger charge is 2.44. The molecule has 0 amide bonds. The van der Waals surface area contributed by atoms with E-state index >= 15 is 0 Å². The van der Waals surface area contributed by atoms with Crippen molar-refractivity contribution in [3.8, 4) is 6.07 Å². The molecule has 1 aliphatic heterocycles. The molecule has 0 N–H and O–H groups in total.